The van der Waals surface area contributed by atoms with E-state index in [9.17, 15) is 0 Å². The van der Waals surface area contributed by atoms with Gasteiger partial charge < -0.3 is 0 Å². The van der Waals surface area contributed by atoms with Crippen LogP contribution in [-0.4, -0.2) is 15.0 Å². The van der Waals surface area contributed by atoms with Gasteiger partial charge in [-0.1, -0.05) is 96.5 Å². The molecule has 4 aromatic carbocycles. The Kier molecular flexibility index (Phi) is 5.26. The van der Waals surface area contributed by atoms with E-state index >= 15 is 0 Å². The molecule has 0 aliphatic heterocycles. The van der Waals surface area contributed by atoms with E-state index < -0.39 is 0 Å². The number of aromatic nitrogens is 3. The van der Waals surface area contributed by atoms with Crippen LogP contribution in [0.1, 0.15) is 0 Å². The molecule has 1 heterocycles. The third kappa shape index (κ3) is 4.23. The predicted octanol–water partition coefficient (Wildman–Crippen LogP) is 7.19. The van der Waals surface area contributed by atoms with E-state index in [0.29, 0.717) is 16.7 Å². The summed E-state index contributed by atoms with van der Waals surface area (Å²) in [5.41, 5.74) is 6.35. The fraction of sp³-hybridized carbons (Fsp3) is 0. The van der Waals surface area contributed by atoms with Crippen LogP contribution in [-0.2, 0) is 0 Å². The summed E-state index contributed by atoms with van der Waals surface area (Å²) in [5.74, 6) is 1.29. The highest BCUT2D eigenvalue weighted by Gasteiger charge is 2.08. The van der Waals surface area contributed by atoms with Crippen molar-refractivity contribution in [1.29, 1.82) is 0 Å². The second-order valence-electron chi connectivity index (χ2n) is 7.17. The molecule has 31 heavy (non-hydrogen) atoms. The minimum Gasteiger partial charge on any atom is -0.217 e. The maximum atomic E-state index is 6.16. The Labute approximate surface area is 186 Å². The molecule has 0 aliphatic carbocycles. The van der Waals surface area contributed by atoms with Gasteiger partial charge in [-0.2, -0.15) is 0 Å². The van der Waals surface area contributed by atoms with Crippen molar-refractivity contribution in [3.05, 3.63) is 114 Å². The van der Waals surface area contributed by atoms with Crippen LogP contribution >= 0.6 is 11.6 Å². The molecule has 0 saturated carbocycles. The van der Waals surface area contributed by atoms with Crippen molar-refractivity contribution < 1.29 is 0 Å². The summed E-state index contributed by atoms with van der Waals surface area (Å²) >= 11 is 6.16. The molecule has 148 valence electrons. The first-order chi connectivity index (χ1) is 15.3. The van der Waals surface area contributed by atoms with Crippen LogP contribution < -0.4 is 0 Å². The second kappa shape index (κ2) is 8.50. The molecule has 0 atom stereocenters. The van der Waals surface area contributed by atoms with Gasteiger partial charge in [0, 0.05) is 16.1 Å². The molecular formula is C27H18ClN3. The molecule has 5 aromatic rings. The lowest BCUT2D eigenvalue weighted by Crippen LogP contribution is -1.95. The molecule has 4 heteroatoms. The van der Waals surface area contributed by atoms with Crippen LogP contribution in [0, 0.1) is 0 Å². The zero-order valence-corrected chi connectivity index (χ0v) is 17.4. The average molecular weight is 420 g/mol. The van der Waals surface area contributed by atoms with E-state index in [1.54, 1.807) is 6.33 Å². The maximum Gasteiger partial charge on any atom is 0.163 e. The molecule has 5 rings (SSSR count). The Bertz CT molecular complexity index is 1330. The summed E-state index contributed by atoms with van der Waals surface area (Å²) in [7, 11) is 0. The van der Waals surface area contributed by atoms with Gasteiger partial charge in [-0.3, -0.25) is 0 Å². The van der Waals surface area contributed by atoms with Gasteiger partial charge in [0.15, 0.2) is 11.6 Å². The fourth-order valence-electron chi connectivity index (χ4n) is 3.52. The maximum absolute atomic E-state index is 6.16. The quantitative estimate of drug-likeness (QED) is 0.309. The van der Waals surface area contributed by atoms with Crippen molar-refractivity contribution in [2.45, 2.75) is 0 Å². The SMILES string of the molecule is Clc1cccc(-c2cccc(-c3ncnc(-c4ccc(-c5ccccc5)cc4)n3)c2)c1. The van der Waals surface area contributed by atoms with Crippen LogP contribution in [0.3, 0.4) is 0 Å². The highest BCUT2D eigenvalue weighted by atomic mass is 35.5. The smallest absolute Gasteiger partial charge is 0.163 e. The van der Waals surface area contributed by atoms with Crippen LogP contribution in [0.4, 0.5) is 0 Å². The second-order valence-corrected chi connectivity index (χ2v) is 7.60. The van der Waals surface area contributed by atoms with Crippen molar-refractivity contribution in [1.82, 2.24) is 15.0 Å². The molecule has 0 bridgehead atoms. The molecule has 1 aromatic heterocycles. The van der Waals surface area contributed by atoms with Gasteiger partial charge in [0.05, 0.1) is 0 Å². The van der Waals surface area contributed by atoms with Crippen molar-refractivity contribution in [2.75, 3.05) is 0 Å². The van der Waals surface area contributed by atoms with E-state index in [1.807, 2.05) is 66.7 Å². The predicted molar refractivity (Wildman–Crippen MR) is 127 cm³/mol. The minimum absolute atomic E-state index is 0.640. The number of benzene rings is 4. The van der Waals surface area contributed by atoms with Crippen LogP contribution in [0.5, 0.6) is 0 Å². The van der Waals surface area contributed by atoms with Crippen molar-refractivity contribution >= 4 is 11.6 Å². The largest absolute Gasteiger partial charge is 0.217 e. The third-order valence-corrected chi connectivity index (χ3v) is 5.34. The standard InChI is InChI=1S/C27H18ClN3/c28-25-11-5-9-23(17-25)22-8-4-10-24(16-22)27-30-18-29-26(31-27)21-14-12-20(13-15-21)19-6-2-1-3-7-19/h1-18H. The molecule has 0 saturated heterocycles. The average Bonchev–Trinajstić information content (AvgIpc) is 2.85. The van der Waals surface area contributed by atoms with Crippen LogP contribution in [0.2, 0.25) is 5.02 Å². The molecule has 0 amide bonds. The highest BCUT2D eigenvalue weighted by molar-refractivity contribution is 6.30. The van der Waals surface area contributed by atoms with Crippen molar-refractivity contribution in [3.63, 3.8) is 0 Å². The lowest BCUT2D eigenvalue weighted by molar-refractivity contribution is 1.07. The number of hydrogen-bond acceptors (Lipinski definition) is 3. The molecule has 0 aliphatic rings. The first-order valence-electron chi connectivity index (χ1n) is 9.97. The molecule has 0 spiro atoms. The Morgan fingerprint density at radius 3 is 1.74 bits per heavy atom. The van der Waals surface area contributed by atoms with E-state index in [-0.39, 0.29) is 0 Å². The number of hydrogen-bond donors (Lipinski definition) is 0. The van der Waals surface area contributed by atoms with Gasteiger partial charge in [-0.25, -0.2) is 15.0 Å². The van der Waals surface area contributed by atoms with Gasteiger partial charge in [0.1, 0.15) is 6.33 Å². The van der Waals surface area contributed by atoms with Gasteiger partial charge >= 0.3 is 0 Å². The summed E-state index contributed by atoms with van der Waals surface area (Å²) in [5, 5.41) is 0.712. The molecular weight excluding hydrogens is 402 g/mol. The van der Waals surface area contributed by atoms with E-state index in [2.05, 4.69) is 46.4 Å². The fourth-order valence-corrected chi connectivity index (χ4v) is 3.71. The molecule has 0 radical (unpaired) electrons. The first kappa shape index (κ1) is 19.2. The minimum atomic E-state index is 0.640. The third-order valence-electron chi connectivity index (χ3n) is 5.10. The highest BCUT2D eigenvalue weighted by Crippen LogP contribution is 2.28. The lowest BCUT2D eigenvalue weighted by Gasteiger charge is -2.07. The molecule has 0 N–H and O–H groups in total. The summed E-state index contributed by atoms with van der Waals surface area (Å²) < 4.78 is 0. The zero-order chi connectivity index (χ0) is 21.0. The van der Waals surface area contributed by atoms with Crippen molar-refractivity contribution in [3.8, 4) is 45.0 Å². The summed E-state index contributed by atoms with van der Waals surface area (Å²) in [6.45, 7) is 0. The normalized spacial score (nSPS) is 10.7. The van der Waals surface area contributed by atoms with Gasteiger partial charge in [0.2, 0.25) is 0 Å². The Morgan fingerprint density at radius 2 is 1.00 bits per heavy atom. The monoisotopic (exact) mass is 419 g/mol. The Hall–Kier alpha value is -3.82. The number of halogens is 1. The summed E-state index contributed by atoms with van der Waals surface area (Å²) in [4.78, 5) is 13.5. The first-order valence-corrected chi connectivity index (χ1v) is 10.4. The van der Waals surface area contributed by atoms with Crippen LogP contribution in [0.25, 0.3) is 45.0 Å². The lowest BCUT2D eigenvalue weighted by atomic mass is 10.0. The van der Waals surface area contributed by atoms with E-state index in [0.717, 1.165) is 27.8 Å². The molecule has 0 unspecified atom stereocenters. The van der Waals surface area contributed by atoms with Gasteiger partial charge in [0.25, 0.3) is 0 Å². The van der Waals surface area contributed by atoms with Crippen molar-refractivity contribution in [2.24, 2.45) is 0 Å². The summed E-state index contributed by atoms with van der Waals surface area (Å²) in [6.07, 6.45) is 1.56. The summed E-state index contributed by atoms with van der Waals surface area (Å²) in [6, 6.07) is 34.5. The van der Waals surface area contributed by atoms with Crippen LogP contribution in [0.15, 0.2) is 109 Å². The Balaban J connectivity index is 1.46. The number of rotatable bonds is 4. The molecule has 3 nitrogen and oxygen atoms in total. The van der Waals surface area contributed by atoms with E-state index in [4.69, 9.17) is 16.6 Å². The number of nitrogens with zero attached hydrogens (tertiary/aromatic N) is 3. The topological polar surface area (TPSA) is 38.7 Å². The van der Waals surface area contributed by atoms with Gasteiger partial charge in [-0.15, -0.1) is 0 Å². The van der Waals surface area contributed by atoms with Gasteiger partial charge in [-0.05, 0) is 40.5 Å². The van der Waals surface area contributed by atoms with E-state index in [1.165, 1.54) is 5.56 Å². The molecule has 0 fully saturated rings. The zero-order valence-electron chi connectivity index (χ0n) is 16.6. The Morgan fingerprint density at radius 1 is 0.452 bits per heavy atom.